The minimum atomic E-state index is -2.95. The van der Waals surface area contributed by atoms with E-state index in [1.165, 1.54) is 25.3 Å². The number of benzene rings is 2. The van der Waals surface area contributed by atoms with Gasteiger partial charge in [-0.3, -0.25) is 4.79 Å². The van der Waals surface area contributed by atoms with Crippen LogP contribution in [0, 0.1) is 13.8 Å². The molecule has 0 saturated carbocycles. The monoisotopic (exact) mass is 416 g/mol. The first-order chi connectivity index (χ1) is 14.4. The van der Waals surface area contributed by atoms with Gasteiger partial charge >= 0.3 is 12.6 Å². The van der Waals surface area contributed by atoms with Gasteiger partial charge in [0.15, 0.2) is 11.5 Å². The van der Waals surface area contributed by atoms with E-state index in [4.69, 9.17) is 9.47 Å². The van der Waals surface area contributed by atoms with Crippen molar-refractivity contribution in [3.8, 4) is 17.2 Å². The zero-order valence-corrected chi connectivity index (χ0v) is 16.9. The lowest BCUT2D eigenvalue weighted by atomic mass is 10.1. The minimum absolute atomic E-state index is 0.0188. The summed E-state index contributed by atoms with van der Waals surface area (Å²) in [7, 11) is 1.35. The maximum absolute atomic E-state index is 12.4. The Labute approximate surface area is 173 Å². The van der Waals surface area contributed by atoms with Crippen LogP contribution in [0.15, 0.2) is 48.5 Å². The highest BCUT2D eigenvalue weighted by atomic mass is 19.3. The number of alkyl halides is 2. The lowest BCUT2D eigenvalue weighted by molar-refractivity contribution is -0.144. The van der Waals surface area contributed by atoms with E-state index in [2.05, 4.69) is 9.84 Å². The van der Waals surface area contributed by atoms with Gasteiger partial charge in [-0.25, -0.2) is 4.68 Å². The molecule has 158 valence electrons. The molecule has 6 nitrogen and oxygen atoms in total. The van der Waals surface area contributed by atoms with E-state index in [1.54, 1.807) is 4.68 Å². The number of nitrogens with zero attached hydrogens (tertiary/aromatic N) is 2. The summed E-state index contributed by atoms with van der Waals surface area (Å²) >= 11 is 0. The summed E-state index contributed by atoms with van der Waals surface area (Å²) in [6.07, 6.45) is 0.0776. The van der Waals surface area contributed by atoms with Gasteiger partial charge in [0.25, 0.3) is 0 Å². The third-order valence-electron chi connectivity index (χ3n) is 4.61. The molecule has 8 heteroatoms. The van der Waals surface area contributed by atoms with Crippen LogP contribution in [0.3, 0.4) is 0 Å². The first-order valence-electron chi connectivity index (χ1n) is 9.27. The van der Waals surface area contributed by atoms with Crippen molar-refractivity contribution in [3.05, 3.63) is 71.0 Å². The summed E-state index contributed by atoms with van der Waals surface area (Å²) in [5.74, 6) is -0.359. The fraction of sp³-hybridized carbons (Fsp3) is 0.273. The second kappa shape index (κ2) is 9.39. The highest BCUT2D eigenvalue weighted by Gasteiger charge is 2.17. The van der Waals surface area contributed by atoms with Crippen molar-refractivity contribution in [1.29, 1.82) is 0 Å². The van der Waals surface area contributed by atoms with Gasteiger partial charge in [0.1, 0.15) is 6.61 Å². The largest absolute Gasteiger partial charge is 0.493 e. The van der Waals surface area contributed by atoms with Gasteiger partial charge < -0.3 is 14.2 Å². The van der Waals surface area contributed by atoms with E-state index < -0.39 is 12.6 Å². The fourth-order valence-corrected chi connectivity index (χ4v) is 3.11. The van der Waals surface area contributed by atoms with Crippen molar-refractivity contribution in [2.45, 2.75) is 33.5 Å². The number of ether oxygens (including phenoxy) is 3. The van der Waals surface area contributed by atoms with Crippen LogP contribution in [0.5, 0.6) is 11.5 Å². The normalized spacial score (nSPS) is 10.9. The Balaban J connectivity index is 1.66. The molecule has 3 aromatic rings. The van der Waals surface area contributed by atoms with Gasteiger partial charge in [0.2, 0.25) is 0 Å². The summed E-state index contributed by atoms with van der Waals surface area (Å²) in [6, 6.07) is 14.0. The summed E-state index contributed by atoms with van der Waals surface area (Å²) < 4.78 is 41.4. The quantitative estimate of drug-likeness (QED) is 0.510. The van der Waals surface area contributed by atoms with Gasteiger partial charge in [0, 0.05) is 11.3 Å². The molecule has 0 saturated heterocycles. The van der Waals surface area contributed by atoms with Crippen LogP contribution in [0.25, 0.3) is 5.69 Å². The van der Waals surface area contributed by atoms with E-state index in [0.29, 0.717) is 5.56 Å². The number of aryl methyl sites for hydroxylation is 1. The number of halogens is 2. The van der Waals surface area contributed by atoms with E-state index in [-0.39, 0.29) is 24.5 Å². The number of hydrogen-bond donors (Lipinski definition) is 0. The fourth-order valence-electron chi connectivity index (χ4n) is 3.11. The van der Waals surface area contributed by atoms with Gasteiger partial charge in [0.05, 0.1) is 24.9 Å². The number of rotatable bonds is 8. The molecule has 0 fully saturated rings. The molecule has 0 aliphatic carbocycles. The Kier molecular flexibility index (Phi) is 6.66. The van der Waals surface area contributed by atoms with Crippen molar-refractivity contribution >= 4 is 5.97 Å². The first-order valence-corrected chi connectivity index (χ1v) is 9.27. The molecule has 1 heterocycles. The van der Waals surface area contributed by atoms with Crippen molar-refractivity contribution in [2.75, 3.05) is 7.11 Å². The Morgan fingerprint density at radius 1 is 1.10 bits per heavy atom. The molecule has 2 aromatic carbocycles. The Hall–Kier alpha value is -3.42. The predicted molar refractivity (Wildman–Crippen MR) is 106 cm³/mol. The molecule has 0 spiro atoms. The molecule has 0 amide bonds. The highest BCUT2D eigenvalue weighted by Crippen LogP contribution is 2.29. The maximum atomic E-state index is 12.4. The summed E-state index contributed by atoms with van der Waals surface area (Å²) in [5, 5.41) is 4.52. The second-order valence-electron chi connectivity index (χ2n) is 6.60. The third-order valence-corrected chi connectivity index (χ3v) is 4.61. The molecule has 30 heavy (non-hydrogen) atoms. The van der Waals surface area contributed by atoms with Crippen LogP contribution in [0.4, 0.5) is 8.78 Å². The van der Waals surface area contributed by atoms with Gasteiger partial charge in [-0.05, 0) is 43.7 Å². The standard InChI is InChI=1S/C22H22F2N2O4/c1-14-18(15(2)26(25-14)17-7-5-4-6-8-17)12-21(27)29-13-16-9-10-19(30-22(23)24)20(11-16)28-3/h4-11,22H,12-13H2,1-3H3. The Morgan fingerprint density at radius 3 is 2.50 bits per heavy atom. The molecule has 0 unspecified atom stereocenters. The molecular formula is C22H22F2N2O4. The number of aromatic nitrogens is 2. The molecule has 0 atom stereocenters. The van der Waals surface area contributed by atoms with Crippen molar-refractivity contribution in [3.63, 3.8) is 0 Å². The molecule has 0 bridgehead atoms. The summed E-state index contributed by atoms with van der Waals surface area (Å²) in [5.41, 5.74) is 3.93. The number of hydrogen-bond acceptors (Lipinski definition) is 5. The summed E-state index contributed by atoms with van der Waals surface area (Å²) in [4.78, 5) is 12.4. The molecule has 3 rings (SSSR count). The van der Waals surface area contributed by atoms with E-state index in [1.807, 2.05) is 44.2 Å². The molecule has 0 aliphatic rings. The third kappa shape index (κ3) is 4.94. The van der Waals surface area contributed by atoms with Crippen LogP contribution < -0.4 is 9.47 Å². The minimum Gasteiger partial charge on any atom is -0.493 e. The van der Waals surface area contributed by atoms with E-state index >= 15 is 0 Å². The second-order valence-corrected chi connectivity index (χ2v) is 6.60. The van der Waals surface area contributed by atoms with Crippen LogP contribution in [-0.2, 0) is 22.6 Å². The predicted octanol–water partition coefficient (Wildman–Crippen LogP) is 4.39. The number of carbonyl (C=O) groups is 1. The van der Waals surface area contributed by atoms with E-state index in [9.17, 15) is 13.6 Å². The maximum Gasteiger partial charge on any atom is 0.387 e. The van der Waals surface area contributed by atoms with Crippen LogP contribution >= 0.6 is 0 Å². The zero-order valence-electron chi connectivity index (χ0n) is 16.9. The van der Waals surface area contributed by atoms with Gasteiger partial charge in [-0.2, -0.15) is 13.9 Å². The summed E-state index contributed by atoms with van der Waals surface area (Å²) in [6.45, 7) is 0.782. The van der Waals surface area contributed by atoms with Gasteiger partial charge in [-0.1, -0.05) is 24.3 Å². The molecule has 1 aromatic heterocycles. The number of para-hydroxylation sites is 1. The topological polar surface area (TPSA) is 62.6 Å². The molecule has 0 radical (unpaired) electrons. The number of methoxy groups -OCH3 is 1. The van der Waals surface area contributed by atoms with Crippen LogP contribution in [0.2, 0.25) is 0 Å². The van der Waals surface area contributed by atoms with Crippen LogP contribution in [0.1, 0.15) is 22.5 Å². The first kappa shape index (κ1) is 21.3. The SMILES string of the molecule is COc1cc(COC(=O)Cc2c(C)nn(-c3ccccc3)c2C)ccc1OC(F)F. The van der Waals surface area contributed by atoms with Crippen LogP contribution in [-0.4, -0.2) is 29.5 Å². The average molecular weight is 416 g/mol. The lowest BCUT2D eigenvalue weighted by Gasteiger charge is -2.12. The lowest BCUT2D eigenvalue weighted by Crippen LogP contribution is -2.10. The highest BCUT2D eigenvalue weighted by molar-refractivity contribution is 5.73. The molecule has 0 aliphatic heterocycles. The number of carbonyl (C=O) groups excluding carboxylic acids is 1. The van der Waals surface area contributed by atoms with Crippen molar-refractivity contribution in [2.24, 2.45) is 0 Å². The smallest absolute Gasteiger partial charge is 0.387 e. The van der Waals surface area contributed by atoms with Crippen molar-refractivity contribution < 1.29 is 27.8 Å². The van der Waals surface area contributed by atoms with Crippen molar-refractivity contribution in [1.82, 2.24) is 9.78 Å². The Morgan fingerprint density at radius 2 is 1.83 bits per heavy atom. The Bertz CT molecular complexity index is 1020. The molecular weight excluding hydrogens is 394 g/mol. The zero-order chi connectivity index (χ0) is 21.7. The van der Waals surface area contributed by atoms with Gasteiger partial charge in [-0.15, -0.1) is 0 Å². The average Bonchev–Trinajstić information content (AvgIpc) is 3.01. The molecule has 0 N–H and O–H groups in total. The van der Waals surface area contributed by atoms with E-state index in [0.717, 1.165) is 22.6 Å². The number of esters is 1.